The number of rotatable bonds is 9. The molecule has 3 rings (SSSR count). The van der Waals surface area contributed by atoms with E-state index in [9.17, 15) is 9.59 Å². The van der Waals surface area contributed by atoms with Crippen molar-refractivity contribution in [3.63, 3.8) is 0 Å². The lowest BCUT2D eigenvalue weighted by atomic mass is 9.94. The van der Waals surface area contributed by atoms with Crippen LogP contribution in [0.1, 0.15) is 59.1 Å². The zero-order chi connectivity index (χ0) is 23.4. The van der Waals surface area contributed by atoms with Crippen LogP contribution in [0.25, 0.3) is 0 Å². The van der Waals surface area contributed by atoms with Gasteiger partial charge in [0.2, 0.25) is 5.91 Å². The number of unbranched alkanes of at least 4 members (excludes halogenated alkanes) is 1. The average molecular weight is 461 g/mol. The Morgan fingerprint density at radius 2 is 2.03 bits per heavy atom. The van der Waals surface area contributed by atoms with Crippen molar-refractivity contribution in [1.29, 1.82) is 0 Å². The number of benzene rings is 1. The molecule has 174 valence electrons. The van der Waals surface area contributed by atoms with Crippen molar-refractivity contribution in [2.75, 3.05) is 20.3 Å². The summed E-state index contributed by atoms with van der Waals surface area (Å²) in [4.78, 5) is 32.4. The topological polar surface area (TPSA) is 77.4 Å². The van der Waals surface area contributed by atoms with E-state index in [0.717, 1.165) is 18.4 Å². The normalized spacial score (nSPS) is 20.4. The van der Waals surface area contributed by atoms with Crippen molar-refractivity contribution in [3.05, 3.63) is 35.0 Å². The quantitative estimate of drug-likeness (QED) is 0.392. The number of nitrogens with zero attached hydrogens (tertiary/aromatic N) is 2. The van der Waals surface area contributed by atoms with E-state index < -0.39 is 12.0 Å². The van der Waals surface area contributed by atoms with Crippen molar-refractivity contribution in [2.24, 2.45) is 10.9 Å². The van der Waals surface area contributed by atoms with Crippen molar-refractivity contribution in [2.45, 2.75) is 58.8 Å². The third-order valence-corrected chi connectivity index (χ3v) is 6.34. The highest BCUT2D eigenvalue weighted by Crippen LogP contribution is 2.44. The number of carbonyl (C=O) groups is 2. The molecule has 8 heteroatoms. The van der Waals surface area contributed by atoms with Crippen molar-refractivity contribution >= 4 is 28.8 Å². The molecule has 0 aromatic heterocycles. The van der Waals surface area contributed by atoms with E-state index in [0.29, 0.717) is 41.2 Å². The lowest BCUT2D eigenvalue weighted by molar-refractivity contribution is -0.141. The number of amides is 1. The van der Waals surface area contributed by atoms with E-state index in [-0.39, 0.29) is 17.1 Å². The summed E-state index contributed by atoms with van der Waals surface area (Å²) in [5.41, 5.74) is 1.68. The fraction of sp³-hybridized carbons (Fsp3) is 0.542. The number of allylic oxidation sites excluding steroid dienone is 1. The number of hydrogen-bond acceptors (Lipinski definition) is 7. The van der Waals surface area contributed by atoms with E-state index in [1.807, 2.05) is 39.0 Å². The molecule has 2 heterocycles. The summed E-state index contributed by atoms with van der Waals surface area (Å²) in [5, 5.41) is 0.335. The second-order valence-electron chi connectivity index (χ2n) is 8.37. The molecule has 7 nitrogen and oxygen atoms in total. The number of ether oxygens (including phenoxy) is 3. The largest absolute Gasteiger partial charge is 0.493 e. The number of carbonyl (C=O) groups excluding carboxylic acids is 2. The zero-order valence-electron chi connectivity index (χ0n) is 19.6. The third-order valence-electron chi connectivity index (χ3n) is 5.28. The van der Waals surface area contributed by atoms with Crippen LogP contribution in [0.4, 0.5) is 0 Å². The molecule has 0 spiro atoms. The van der Waals surface area contributed by atoms with Crippen LogP contribution in [-0.4, -0.2) is 47.5 Å². The first-order valence-corrected chi connectivity index (χ1v) is 11.9. The highest BCUT2D eigenvalue weighted by molar-refractivity contribution is 8.15. The number of hydrogen-bond donors (Lipinski definition) is 0. The Balaban J connectivity index is 2.03. The van der Waals surface area contributed by atoms with Crippen LogP contribution in [-0.2, 0) is 14.3 Å². The van der Waals surface area contributed by atoms with Crippen LogP contribution in [0, 0.1) is 5.92 Å². The molecule has 0 saturated carbocycles. The first-order valence-electron chi connectivity index (χ1n) is 11.1. The second-order valence-corrected chi connectivity index (χ2v) is 9.68. The Labute approximate surface area is 194 Å². The van der Waals surface area contributed by atoms with Gasteiger partial charge in [0.15, 0.2) is 16.7 Å². The predicted octanol–water partition coefficient (Wildman–Crippen LogP) is 4.72. The summed E-state index contributed by atoms with van der Waals surface area (Å²) in [7, 11) is 1.58. The fourth-order valence-corrected chi connectivity index (χ4v) is 4.63. The molecule has 32 heavy (non-hydrogen) atoms. The standard InChI is InChI=1S/C24H32N2O5S/c1-7-8-11-30-18-10-9-17(12-19(18)29-6)21-20(23(28)31-13-14(2)3)15(4)25-24-26(21)22(27)16(5)32-24/h9-10,12,14,16,21H,7-8,11,13H2,1-6H3. The first-order chi connectivity index (χ1) is 15.3. The van der Waals surface area contributed by atoms with Crippen LogP contribution in [0.2, 0.25) is 0 Å². The third kappa shape index (κ3) is 4.95. The van der Waals surface area contributed by atoms with Crippen molar-refractivity contribution in [3.8, 4) is 11.5 Å². The van der Waals surface area contributed by atoms with E-state index in [4.69, 9.17) is 14.2 Å². The van der Waals surface area contributed by atoms with Gasteiger partial charge in [0.1, 0.15) is 0 Å². The number of methoxy groups -OCH3 is 1. The van der Waals surface area contributed by atoms with Crippen LogP contribution < -0.4 is 9.47 Å². The molecule has 2 atom stereocenters. The molecule has 1 fully saturated rings. The summed E-state index contributed by atoms with van der Waals surface area (Å²) in [6.07, 6.45) is 1.97. The lowest BCUT2D eigenvalue weighted by Gasteiger charge is -2.33. The molecule has 0 bridgehead atoms. The van der Waals surface area contributed by atoms with Gasteiger partial charge < -0.3 is 14.2 Å². The number of amidine groups is 1. The van der Waals surface area contributed by atoms with Gasteiger partial charge in [-0.2, -0.15) is 0 Å². The Morgan fingerprint density at radius 3 is 2.69 bits per heavy atom. The van der Waals surface area contributed by atoms with Crippen LogP contribution in [0.5, 0.6) is 11.5 Å². The van der Waals surface area contributed by atoms with Gasteiger partial charge in [-0.05, 0) is 43.9 Å². The van der Waals surface area contributed by atoms with Gasteiger partial charge in [0.25, 0.3) is 0 Å². The predicted molar refractivity (Wildman–Crippen MR) is 126 cm³/mol. The summed E-state index contributed by atoms with van der Waals surface area (Å²) >= 11 is 1.40. The summed E-state index contributed by atoms with van der Waals surface area (Å²) < 4.78 is 17.0. The molecule has 1 aromatic rings. The first kappa shape index (κ1) is 24.2. The lowest BCUT2D eigenvalue weighted by Crippen LogP contribution is -2.40. The summed E-state index contributed by atoms with van der Waals surface area (Å²) in [5.74, 6) is 0.855. The van der Waals surface area contributed by atoms with Gasteiger partial charge >= 0.3 is 5.97 Å². The fourth-order valence-electron chi connectivity index (χ4n) is 3.60. The van der Waals surface area contributed by atoms with Crippen LogP contribution in [0.3, 0.4) is 0 Å². The second kappa shape index (κ2) is 10.4. The van der Waals surface area contributed by atoms with Gasteiger partial charge in [-0.25, -0.2) is 9.79 Å². The number of esters is 1. The SMILES string of the molecule is CCCCOc1ccc(C2C(C(=O)OCC(C)C)=C(C)N=C3SC(C)C(=O)N32)cc1OC. The minimum Gasteiger partial charge on any atom is -0.493 e. The maximum absolute atomic E-state index is 13.1. The minimum absolute atomic E-state index is 0.0809. The molecule has 1 saturated heterocycles. The highest BCUT2D eigenvalue weighted by atomic mass is 32.2. The molecule has 0 N–H and O–H groups in total. The maximum atomic E-state index is 13.1. The Hall–Kier alpha value is -2.48. The molecule has 2 aliphatic rings. The van der Waals surface area contributed by atoms with Crippen LogP contribution in [0.15, 0.2) is 34.5 Å². The van der Waals surface area contributed by atoms with Crippen molar-refractivity contribution in [1.82, 2.24) is 4.90 Å². The average Bonchev–Trinajstić information content (AvgIpc) is 3.04. The van der Waals surface area contributed by atoms with Gasteiger partial charge in [-0.3, -0.25) is 9.69 Å². The Bertz CT molecular complexity index is 940. The molecule has 0 radical (unpaired) electrons. The minimum atomic E-state index is -0.634. The molecule has 0 aliphatic carbocycles. The molecular weight excluding hydrogens is 428 g/mol. The highest BCUT2D eigenvalue weighted by Gasteiger charge is 2.46. The molecule has 1 aromatic carbocycles. The van der Waals surface area contributed by atoms with Crippen LogP contribution >= 0.6 is 11.8 Å². The van der Waals surface area contributed by atoms with E-state index in [1.165, 1.54) is 11.8 Å². The Kier molecular flexibility index (Phi) is 7.87. The van der Waals surface area contributed by atoms with E-state index in [2.05, 4.69) is 11.9 Å². The molecule has 2 unspecified atom stereocenters. The van der Waals surface area contributed by atoms with E-state index >= 15 is 0 Å². The number of thioether (sulfide) groups is 1. The maximum Gasteiger partial charge on any atom is 0.338 e. The monoisotopic (exact) mass is 460 g/mol. The van der Waals surface area contributed by atoms with E-state index in [1.54, 1.807) is 18.9 Å². The zero-order valence-corrected chi connectivity index (χ0v) is 20.5. The van der Waals surface area contributed by atoms with Gasteiger partial charge in [0.05, 0.1) is 42.9 Å². The van der Waals surface area contributed by atoms with Crippen molar-refractivity contribution < 1.29 is 23.8 Å². The van der Waals surface area contributed by atoms with Gasteiger partial charge in [-0.1, -0.05) is 45.0 Å². The number of fused-ring (bicyclic) bond motifs is 1. The summed E-state index contributed by atoms with van der Waals surface area (Å²) in [6.45, 7) is 10.6. The number of aliphatic imine (C=N–C) groups is 1. The molecule has 1 amide bonds. The summed E-state index contributed by atoms with van der Waals surface area (Å²) in [6, 6.07) is 4.91. The smallest absolute Gasteiger partial charge is 0.338 e. The Morgan fingerprint density at radius 1 is 1.28 bits per heavy atom. The molecule has 2 aliphatic heterocycles. The van der Waals surface area contributed by atoms with Gasteiger partial charge in [-0.15, -0.1) is 0 Å². The van der Waals surface area contributed by atoms with Gasteiger partial charge in [0, 0.05) is 0 Å². The molecular formula is C24H32N2O5S.